The summed E-state index contributed by atoms with van der Waals surface area (Å²) >= 11 is 1.72. The summed E-state index contributed by atoms with van der Waals surface area (Å²) in [5.74, 6) is 1.29. The maximum absolute atomic E-state index is 6.17. The van der Waals surface area contributed by atoms with Crippen molar-refractivity contribution in [2.45, 2.75) is 58.7 Å². The van der Waals surface area contributed by atoms with Gasteiger partial charge in [0.2, 0.25) is 0 Å². The first-order chi connectivity index (χ1) is 15.4. The maximum Gasteiger partial charge on any atom is 0.147 e. The number of hydrogen-bond acceptors (Lipinski definition) is 7. The van der Waals surface area contributed by atoms with E-state index >= 15 is 0 Å². The van der Waals surface area contributed by atoms with E-state index in [9.17, 15) is 0 Å². The minimum absolute atomic E-state index is 0.181. The number of nitrogens with zero attached hydrogens (tertiary/aromatic N) is 3. The lowest BCUT2D eigenvalue weighted by atomic mass is 9.87. The van der Waals surface area contributed by atoms with E-state index in [1.54, 1.807) is 22.6 Å². The Morgan fingerprint density at radius 3 is 2.78 bits per heavy atom. The van der Waals surface area contributed by atoms with Crippen LogP contribution in [0.4, 0.5) is 5.82 Å². The average molecular weight is 457 g/mol. The molecule has 32 heavy (non-hydrogen) atoms. The van der Waals surface area contributed by atoms with Crippen molar-refractivity contribution in [3.05, 3.63) is 23.1 Å². The second-order valence-electron chi connectivity index (χ2n) is 9.91. The van der Waals surface area contributed by atoms with Gasteiger partial charge in [-0.2, -0.15) is 0 Å². The number of quaternary nitrogens is 1. The molecule has 0 saturated carbocycles. The highest BCUT2D eigenvalue weighted by atomic mass is 32.1. The number of rotatable bonds is 6. The molecule has 0 aliphatic carbocycles. The highest BCUT2D eigenvalue weighted by Gasteiger charge is 2.32. The molecule has 3 aromatic rings. The second-order valence-corrected chi connectivity index (χ2v) is 10.9. The van der Waals surface area contributed by atoms with Gasteiger partial charge in [-0.15, -0.1) is 11.3 Å². The Hall–Kier alpha value is -1.87. The fourth-order valence-electron chi connectivity index (χ4n) is 4.89. The normalized spacial score (nSPS) is 19.0. The van der Waals surface area contributed by atoms with Crippen LogP contribution in [0.25, 0.3) is 20.4 Å². The van der Waals surface area contributed by atoms with Crippen LogP contribution in [0.2, 0.25) is 0 Å². The zero-order valence-electron chi connectivity index (χ0n) is 19.6. The maximum atomic E-state index is 6.17. The largest absolute Gasteiger partial charge is 0.370 e. The zero-order chi connectivity index (χ0) is 22.3. The molecule has 2 N–H and O–H groups in total. The van der Waals surface area contributed by atoms with Crippen molar-refractivity contribution in [3.63, 3.8) is 0 Å². The van der Waals surface area contributed by atoms with Gasteiger partial charge in [0.15, 0.2) is 0 Å². The van der Waals surface area contributed by atoms with Crippen LogP contribution < -0.4 is 10.2 Å². The van der Waals surface area contributed by atoms with Crippen LogP contribution in [0.3, 0.4) is 0 Å². The zero-order valence-corrected chi connectivity index (χ0v) is 20.4. The summed E-state index contributed by atoms with van der Waals surface area (Å²) in [6, 6.07) is 0. The molecular formula is C24H34N5O2S+. The van der Waals surface area contributed by atoms with Gasteiger partial charge in [0.05, 0.1) is 47.9 Å². The number of anilines is 1. The fraction of sp³-hybridized carbons (Fsp3) is 0.625. The molecule has 0 unspecified atom stereocenters. The number of pyridine rings is 1. The Kier molecular flexibility index (Phi) is 6.05. The van der Waals surface area contributed by atoms with Crippen molar-refractivity contribution < 1.29 is 14.4 Å². The third kappa shape index (κ3) is 4.21. The van der Waals surface area contributed by atoms with Crippen LogP contribution in [0.15, 0.2) is 6.33 Å². The smallest absolute Gasteiger partial charge is 0.147 e. The molecule has 2 aliphatic rings. The van der Waals surface area contributed by atoms with Crippen molar-refractivity contribution in [1.29, 1.82) is 0 Å². The van der Waals surface area contributed by atoms with E-state index < -0.39 is 0 Å². The quantitative estimate of drug-likeness (QED) is 0.556. The molecule has 172 valence electrons. The molecule has 1 saturated heterocycles. The number of thiophene rings is 1. The molecule has 1 fully saturated rings. The van der Waals surface area contributed by atoms with Crippen molar-refractivity contribution in [2.75, 3.05) is 44.7 Å². The first-order valence-electron chi connectivity index (χ1n) is 11.8. The molecule has 8 heteroatoms. The third-order valence-electron chi connectivity index (χ3n) is 6.61. The molecule has 3 aromatic heterocycles. The van der Waals surface area contributed by atoms with Gasteiger partial charge >= 0.3 is 0 Å². The van der Waals surface area contributed by atoms with Gasteiger partial charge in [0, 0.05) is 30.3 Å². The first kappa shape index (κ1) is 21.9. The molecule has 7 nitrogen and oxygen atoms in total. The summed E-state index contributed by atoms with van der Waals surface area (Å²) in [5, 5.41) is 4.78. The molecule has 0 bridgehead atoms. The molecule has 0 atom stereocenters. The van der Waals surface area contributed by atoms with Crippen LogP contribution >= 0.6 is 11.3 Å². The molecule has 5 heterocycles. The van der Waals surface area contributed by atoms with E-state index in [-0.39, 0.29) is 5.60 Å². The number of nitrogens with one attached hydrogen (secondary N) is 2. The average Bonchev–Trinajstić information content (AvgIpc) is 3.15. The summed E-state index contributed by atoms with van der Waals surface area (Å²) in [6.07, 6.45) is 3.68. The molecule has 0 amide bonds. The second kappa shape index (κ2) is 8.82. The van der Waals surface area contributed by atoms with E-state index in [1.807, 2.05) is 0 Å². The van der Waals surface area contributed by atoms with Crippen molar-refractivity contribution in [1.82, 2.24) is 15.0 Å². The van der Waals surface area contributed by atoms with Crippen LogP contribution in [0.5, 0.6) is 0 Å². The molecule has 0 aromatic carbocycles. The Morgan fingerprint density at radius 2 is 2.00 bits per heavy atom. The Bertz CT molecular complexity index is 1120. The fourth-order valence-corrected chi connectivity index (χ4v) is 6.02. The summed E-state index contributed by atoms with van der Waals surface area (Å²) in [6.45, 7) is 15.5. The minimum Gasteiger partial charge on any atom is -0.370 e. The third-order valence-corrected chi connectivity index (χ3v) is 7.69. The van der Waals surface area contributed by atoms with Gasteiger partial charge in [0.25, 0.3) is 0 Å². The van der Waals surface area contributed by atoms with Gasteiger partial charge in [-0.05, 0) is 25.3 Å². The lowest BCUT2D eigenvalue weighted by Gasteiger charge is -2.33. The van der Waals surface area contributed by atoms with E-state index in [2.05, 4.69) is 38.0 Å². The summed E-state index contributed by atoms with van der Waals surface area (Å²) in [5.41, 5.74) is 4.62. The van der Waals surface area contributed by atoms with Gasteiger partial charge in [-0.3, -0.25) is 0 Å². The molecule has 5 rings (SSSR count). The van der Waals surface area contributed by atoms with Crippen LogP contribution in [-0.2, 0) is 22.5 Å². The summed E-state index contributed by atoms with van der Waals surface area (Å²) in [7, 11) is 0. The van der Waals surface area contributed by atoms with Crippen LogP contribution in [0.1, 0.15) is 56.9 Å². The van der Waals surface area contributed by atoms with Crippen molar-refractivity contribution >= 4 is 37.6 Å². The number of hydrogen-bond donors (Lipinski definition) is 2. The van der Waals surface area contributed by atoms with Crippen molar-refractivity contribution in [2.24, 2.45) is 0 Å². The van der Waals surface area contributed by atoms with Crippen LogP contribution in [0, 0.1) is 0 Å². The predicted molar refractivity (Wildman–Crippen MR) is 129 cm³/mol. The summed E-state index contributed by atoms with van der Waals surface area (Å²) < 4.78 is 12.7. The monoisotopic (exact) mass is 456 g/mol. The lowest BCUT2D eigenvalue weighted by Crippen LogP contribution is -3.14. The molecule has 0 spiro atoms. The van der Waals surface area contributed by atoms with E-state index in [1.165, 1.54) is 23.1 Å². The molecule has 2 aliphatic heterocycles. The SMILES string of the molecule is CC(C)c1nc2sc3c(NCCC[NH+]4CCOCC4)ncnc3c2c2c1COC(C)(C)C2. The predicted octanol–water partition coefficient (Wildman–Crippen LogP) is 2.93. The van der Waals surface area contributed by atoms with Gasteiger partial charge in [-0.1, -0.05) is 13.8 Å². The number of fused-ring (bicyclic) bond motifs is 5. The highest BCUT2D eigenvalue weighted by molar-refractivity contribution is 7.26. The van der Waals surface area contributed by atoms with Crippen LogP contribution in [-0.4, -0.2) is 59.9 Å². The van der Waals surface area contributed by atoms with Crippen molar-refractivity contribution in [3.8, 4) is 0 Å². The van der Waals surface area contributed by atoms with Gasteiger partial charge < -0.3 is 19.7 Å². The Morgan fingerprint density at radius 1 is 1.19 bits per heavy atom. The highest BCUT2D eigenvalue weighted by Crippen LogP contribution is 2.43. The van der Waals surface area contributed by atoms with Gasteiger partial charge in [-0.25, -0.2) is 15.0 Å². The van der Waals surface area contributed by atoms with E-state index in [4.69, 9.17) is 19.4 Å². The Balaban J connectivity index is 1.47. The van der Waals surface area contributed by atoms with E-state index in [0.29, 0.717) is 12.5 Å². The lowest BCUT2D eigenvalue weighted by molar-refractivity contribution is -0.908. The molecular weight excluding hydrogens is 422 g/mol. The summed E-state index contributed by atoms with van der Waals surface area (Å²) in [4.78, 5) is 17.1. The standard InChI is InChI=1S/C24H33N5O2S/c1-15(2)19-17-13-31-24(3,4)12-16(17)18-20-21(32-23(18)28-19)22(27-14-26-20)25-6-5-7-29-8-10-30-11-9-29/h14-15H,5-13H2,1-4H3,(H,25,26,27)/p+1. The topological polar surface area (TPSA) is 73.6 Å². The number of ether oxygens (including phenoxy) is 2. The Labute approximate surface area is 193 Å². The minimum atomic E-state index is -0.181. The van der Waals surface area contributed by atoms with Gasteiger partial charge in [0.1, 0.15) is 30.1 Å². The van der Waals surface area contributed by atoms with E-state index in [0.717, 1.165) is 72.2 Å². The first-order valence-corrected chi connectivity index (χ1v) is 12.6. The molecule has 0 radical (unpaired) electrons. The number of morpholine rings is 1. The number of aromatic nitrogens is 3.